The average molecular weight is 513 g/mol. The van der Waals surface area contributed by atoms with Gasteiger partial charge in [-0.1, -0.05) is 47.5 Å². The number of rotatable bonds is 14. The minimum absolute atomic E-state index is 0.0455. The highest BCUT2D eigenvalue weighted by Crippen LogP contribution is 2.35. The number of nitrogens with one attached hydrogen (secondary N) is 1. The van der Waals surface area contributed by atoms with Gasteiger partial charge in [-0.2, -0.15) is 0 Å². The van der Waals surface area contributed by atoms with Crippen LogP contribution < -0.4 is 21.7 Å². The second kappa shape index (κ2) is 12.8. The van der Waals surface area contributed by atoms with Crippen molar-refractivity contribution in [2.24, 2.45) is 10.8 Å². The van der Waals surface area contributed by atoms with Gasteiger partial charge in [0, 0.05) is 62.2 Å². The van der Waals surface area contributed by atoms with E-state index >= 15 is 0 Å². The van der Waals surface area contributed by atoms with Crippen molar-refractivity contribution in [2.45, 2.75) is 60.3 Å². The Hall–Kier alpha value is -2.58. The van der Waals surface area contributed by atoms with Crippen molar-refractivity contribution in [3.05, 3.63) is 18.2 Å². The molecule has 0 bridgehead atoms. The van der Waals surface area contributed by atoms with Crippen molar-refractivity contribution in [3.63, 3.8) is 0 Å². The van der Waals surface area contributed by atoms with E-state index in [4.69, 9.17) is 16.2 Å². The Bertz CT molecular complexity index is 1030. The number of hydrogen-bond donors (Lipinski definition) is 3. The van der Waals surface area contributed by atoms with E-state index in [0.29, 0.717) is 31.1 Å². The number of unbranched alkanes of at least 4 members (excludes halogenated alkanes) is 2. The van der Waals surface area contributed by atoms with Crippen molar-refractivity contribution in [3.8, 4) is 0 Å². The average Bonchev–Trinajstić information content (AvgIpc) is 2.83. The summed E-state index contributed by atoms with van der Waals surface area (Å²) < 4.78 is 6.03. The topological polar surface area (TPSA) is 110 Å². The maximum Gasteiger partial charge on any atom is 0.149 e. The molecule has 1 aliphatic heterocycles. The second-order valence-corrected chi connectivity index (χ2v) is 12.1. The van der Waals surface area contributed by atoms with Gasteiger partial charge < -0.3 is 31.2 Å². The molecule has 5 N–H and O–H groups in total. The molecule has 0 amide bonds. The number of benzene rings is 1. The highest BCUT2D eigenvalue weighted by molar-refractivity contribution is 6.02. The fourth-order valence-corrected chi connectivity index (χ4v) is 4.96. The zero-order valence-electron chi connectivity index (χ0n) is 23.6. The number of aromatic nitrogens is 1. The van der Waals surface area contributed by atoms with Crippen LogP contribution in [0.25, 0.3) is 10.9 Å². The highest BCUT2D eigenvalue weighted by Gasteiger charge is 2.27. The number of nitrogens with zero attached hydrogens (tertiary/aromatic N) is 3. The number of pyridine rings is 1. The van der Waals surface area contributed by atoms with E-state index in [1.165, 1.54) is 18.5 Å². The van der Waals surface area contributed by atoms with Crippen LogP contribution in [-0.2, 0) is 9.53 Å². The van der Waals surface area contributed by atoms with Gasteiger partial charge in [0.15, 0.2) is 0 Å². The molecule has 3 rings (SSSR count). The first-order chi connectivity index (χ1) is 17.5. The standard InChI is InChI=1S/C29H48N6O2/c1-6-7-8-12-32-26-23-18-22(9-10-24(23)33-27(31)25(26)30)35-15-13-34(14-16-35)19-29(4,5)21-37-20-28(2,3)11-17-36/h9-10,17-18H,6-8,11-16,19-21,30H2,1-5H3,(H3,31,32,33). The molecule has 0 unspecified atom stereocenters. The van der Waals surface area contributed by atoms with E-state index in [-0.39, 0.29) is 10.8 Å². The summed E-state index contributed by atoms with van der Waals surface area (Å²) in [7, 11) is 0. The number of aldehydes is 1. The van der Waals surface area contributed by atoms with Crippen LogP contribution in [0.5, 0.6) is 0 Å². The molecule has 0 aliphatic carbocycles. The molecule has 37 heavy (non-hydrogen) atoms. The molecular formula is C29H48N6O2. The van der Waals surface area contributed by atoms with Crippen molar-refractivity contribution < 1.29 is 9.53 Å². The molecule has 2 heterocycles. The van der Waals surface area contributed by atoms with Crippen molar-refractivity contribution >= 4 is 40.1 Å². The first kappa shape index (κ1) is 29.0. The zero-order valence-corrected chi connectivity index (χ0v) is 23.6. The fourth-order valence-electron chi connectivity index (χ4n) is 4.96. The van der Waals surface area contributed by atoms with Crippen LogP contribution in [0.2, 0.25) is 0 Å². The van der Waals surface area contributed by atoms with Crippen LogP contribution in [0.1, 0.15) is 60.3 Å². The van der Waals surface area contributed by atoms with Crippen LogP contribution >= 0.6 is 0 Å². The number of carbonyl (C=O) groups is 1. The number of fused-ring (bicyclic) bond motifs is 1. The van der Waals surface area contributed by atoms with Crippen LogP contribution in [0.3, 0.4) is 0 Å². The summed E-state index contributed by atoms with van der Waals surface area (Å²) in [6.45, 7) is 17.9. The molecule has 0 saturated carbocycles. The third kappa shape index (κ3) is 8.20. The van der Waals surface area contributed by atoms with Crippen LogP contribution in [0.4, 0.5) is 22.9 Å². The Balaban J connectivity index is 1.60. The van der Waals surface area contributed by atoms with E-state index in [1.54, 1.807) is 0 Å². The molecule has 1 aromatic carbocycles. The van der Waals surface area contributed by atoms with Gasteiger partial charge in [0.05, 0.1) is 30.1 Å². The molecule has 1 aliphatic rings. The molecule has 8 nitrogen and oxygen atoms in total. The van der Waals surface area contributed by atoms with Crippen molar-refractivity contribution in [1.82, 2.24) is 9.88 Å². The fraction of sp³-hybridized carbons (Fsp3) is 0.655. The third-order valence-corrected chi connectivity index (χ3v) is 7.13. The third-order valence-electron chi connectivity index (χ3n) is 7.13. The maximum absolute atomic E-state index is 10.9. The predicted molar refractivity (Wildman–Crippen MR) is 156 cm³/mol. The van der Waals surface area contributed by atoms with Gasteiger partial charge in [-0.15, -0.1) is 0 Å². The van der Waals surface area contributed by atoms with E-state index in [1.807, 2.05) is 0 Å². The summed E-state index contributed by atoms with van der Waals surface area (Å²) in [6, 6.07) is 6.39. The minimum atomic E-state index is -0.111. The summed E-state index contributed by atoms with van der Waals surface area (Å²) in [5.41, 5.74) is 15.9. The number of anilines is 4. The number of ether oxygens (including phenoxy) is 1. The van der Waals surface area contributed by atoms with Gasteiger partial charge in [-0.25, -0.2) is 4.98 Å². The molecule has 8 heteroatoms. The predicted octanol–water partition coefficient (Wildman–Crippen LogP) is 4.78. The lowest BCUT2D eigenvalue weighted by Gasteiger charge is -2.40. The second-order valence-electron chi connectivity index (χ2n) is 12.1. The Labute approximate surface area is 223 Å². The Morgan fingerprint density at radius 3 is 2.43 bits per heavy atom. The van der Waals surface area contributed by atoms with Gasteiger partial charge in [0.1, 0.15) is 12.1 Å². The molecule has 1 saturated heterocycles. The van der Waals surface area contributed by atoms with Gasteiger partial charge in [-0.05, 0) is 30.0 Å². The summed E-state index contributed by atoms with van der Waals surface area (Å²) in [6.07, 6.45) is 4.96. The van der Waals surface area contributed by atoms with Gasteiger partial charge in [0.25, 0.3) is 0 Å². The molecule has 1 aromatic heterocycles. The number of nitrogens with two attached hydrogens (primary N) is 2. The monoisotopic (exact) mass is 512 g/mol. The first-order valence-electron chi connectivity index (χ1n) is 13.8. The Morgan fingerprint density at radius 1 is 1.05 bits per heavy atom. The van der Waals surface area contributed by atoms with Crippen LogP contribution in [-0.4, -0.2) is 68.7 Å². The normalized spacial score (nSPS) is 15.3. The van der Waals surface area contributed by atoms with E-state index in [9.17, 15) is 4.79 Å². The molecule has 0 atom stereocenters. The summed E-state index contributed by atoms with van der Waals surface area (Å²) in [5, 5.41) is 4.55. The highest BCUT2D eigenvalue weighted by atomic mass is 16.5. The smallest absolute Gasteiger partial charge is 0.149 e. The molecule has 0 radical (unpaired) electrons. The van der Waals surface area contributed by atoms with Crippen LogP contribution in [0, 0.1) is 10.8 Å². The Morgan fingerprint density at radius 2 is 1.76 bits per heavy atom. The summed E-state index contributed by atoms with van der Waals surface area (Å²) >= 11 is 0. The number of piperazine rings is 1. The quantitative estimate of drug-likeness (QED) is 0.245. The lowest BCUT2D eigenvalue weighted by molar-refractivity contribution is -0.110. The zero-order chi connectivity index (χ0) is 27.1. The van der Waals surface area contributed by atoms with Crippen molar-refractivity contribution in [1.29, 1.82) is 0 Å². The summed E-state index contributed by atoms with van der Waals surface area (Å²) in [4.78, 5) is 20.4. The van der Waals surface area contributed by atoms with Gasteiger partial charge in [0.2, 0.25) is 0 Å². The molecular weight excluding hydrogens is 464 g/mol. The summed E-state index contributed by atoms with van der Waals surface area (Å²) in [5.74, 6) is 0.380. The van der Waals surface area contributed by atoms with E-state index < -0.39 is 0 Å². The first-order valence-corrected chi connectivity index (χ1v) is 13.8. The van der Waals surface area contributed by atoms with E-state index in [2.05, 4.69) is 72.9 Å². The molecule has 0 spiro atoms. The van der Waals surface area contributed by atoms with Gasteiger partial charge in [-0.3, -0.25) is 4.90 Å². The van der Waals surface area contributed by atoms with Crippen molar-refractivity contribution in [2.75, 3.05) is 74.2 Å². The Kier molecular flexibility index (Phi) is 10.0. The van der Waals surface area contributed by atoms with Gasteiger partial charge >= 0.3 is 0 Å². The SMILES string of the molecule is CCCCCNc1c(N)c(N)nc2ccc(N3CCN(CC(C)(C)COCC(C)(C)CC=O)CC3)cc12. The number of carbonyl (C=O) groups excluding carboxylic acids is 1. The minimum Gasteiger partial charge on any atom is -0.394 e. The molecule has 206 valence electrons. The lowest BCUT2D eigenvalue weighted by Crippen LogP contribution is -2.49. The largest absolute Gasteiger partial charge is 0.394 e. The molecule has 1 fully saturated rings. The number of nitrogen functional groups attached to an aromatic ring is 2. The van der Waals surface area contributed by atoms with E-state index in [0.717, 1.165) is 68.6 Å². The lowest BCUT2D eigenvalue weighted by atomic mass is 9.90. The van der Waals surface area contributed by atoms with Crippen LogP contribution in [0.15, 0.2) is 18.2 Å². The maximum atomic E-state index is 10.9. The number of hydrogen-bond acceptors (Lipinski definition) is 8. The molecule has 2 aromatic rings.